The molecule has 0 aromatic carbocycles. The van der Waals surface area contributed by atoms with E-state index in [2.05, 4.69) is 16.9 Å². The zero-order valence-electron chi connectivity index (χ0n) is 8.40. The molecular formula is C9H17N5. The van der Waals surface area contributed by atoms with Crippen molar-refractivity contribution in [2.75, 3.05) is 18.0 Å². The Kier molecular flexibility index (Phi) is 3.64. The largest absolute Gasteiger partial charge is 0.383 e. The van der Waals surface area contributed by atoms with E-state index >= 15 is 0 Å². The number of hydrogen-bond donors (Lipinski definition) is 3. The highest BCUT2D eigenvalue weighted by molar-refractivity contribution is 5.43. The molecular weight excluding hydrogens is 178 g/mol. The lowest BCUT2D eigenvalue weighted by Crippen LogP contribution is -2.11. The number of hydrogen-bond acceptors (Lipinski definition) is 5. The summed E-state index contributed by atoms with van der Waals surface area (Å²) in [6, 6.07) is 0. The van der Waals surface area contributed by atoms with E-state index in [1.807, 2.05) is 0 Å². The molecule has 0 radical (unpaired) electrons. The second kappa shape index (κ2) is 4.76. The predicted octanol–water partition coefficient (Wildman–Crippen LogP) is 0.483. The summed E-state index contributed by atoms with van der Waals surface area (Å²) in [5, 5.41) is 0. The Morgan fingerprint density at radius 2 is 2.14 bits per heavy atom. The van der Waals surface area contributed by atoms with Gasteiger partial charge in [0.15, 0.2) is 0 Å². The van der Waals surface area contributed by atoms with Gasteiger partial charge in [-0.1, -0.05) is 6.92 Å². The molecule has 1 atom stereocenters. The minimum atomic E-state index is 0.217. The van der Waals surface area contributed by atoms with Gasteiger partial charge in [0.25, 0.3) is 0 Å². The summed E-state index contributed by atoms with van der Waals surface area (Å²) in [7, 11) is 0. The third-order valence-electron chi connectivity index (χ3n) is 2.31. The standard InChI is InChI=1S/C9H17N5/c1-2-6(3-4-10)7-5-13-9(12)14-8(7)11/h5-6H,2-4,10H2,1H3,(H4,11,12,13,14). The van der Waals surface area contributed by atoms with Gasteiger partial charge >= 0.3 is 0 Å². The van der Waals surface area contributed by atoms with Crippen molar-refractivity contribution in [3.05, 3.63) is 11.8 Å². The lowest BCUT2D eigenvalue weighted by Gasteiger charge is -2.15. The van der Waals surface area contributed by atoms with Gasteiger partial charge in [-0.15, -0.1) is 0 Å². The van der Waals surface area contributed by atoms with Crippen LogP contribution in [-0.4, -0.2) is 16.5 Å². The highest BCUT2D eigenvalue weighted by Crippen LogP contribution is 2.25. The maximum atomic E-state index is 5.76. The smallest absolute Gasteiger partial charge is 0.221 e. The highest BCUT2D eigenvalue weighted by Gasteiger charge is 2.13. The van der Waals surface area contributed by atoms with Gasteiger partial charge in [0.05, 0.1) is 0 Å². The molecule has 14 heavy (non-hydrogen) atoms. The van der Waals surface area contributed by atoms with Gasteiger partial charge in [-0.2, -0.15) is 4.98 Å². The highest BCUT2D eigenvalue weighted by atomic mass is 15.0. The van der Waals surface area contributed by atoms with Crippen molar-refractivity contribution in [1.29, 1.82) is 0 Å². The topological polar surface area (TPSA) is 104 Å². The van der Waals surface area contributed by atoms with Crippen LogP contribution in [-0.2, 0) is 0 Å². The first-order valence-electron chi connectivity index (χ1n) is 4.77. The lowest BCUT2D eigenvalue weighted by atomic mass is 9.95. The van der Waals surface area contributed by atoms with Gasteiger partial charge < -0.3 is 17.2 Å². The Labute approximate surface area is 83.7 Å². The molecule has 0 saturated carbocycles. The number of aromatic nitrogens is 2. The van der Waals surface area contributed by atoms with Gasteiger partial charge in [0, 0.05) is 11.8 Å². The van der Waals surface area contributed by atoms with Crippen LogP contribution in [0.3, 0.4) is 0 Å². The number of nitrogen functional groups attached to an aromatic ring is 2. The fourth-order valence-electron chi connectivity index (χ4n) is 1.51. The number of nitrogens with zero attached hydrogens (tertiary/aromatic N) is 2. The zero-order chi connectivity index (χ0) is 10.6. The number of nitrogens with two attached hydrogens (primary N) is 3. The second-order valence-corrected chi connectivity index (χ2v) is 3.25. The van der Waals surface area contributed by atoms with Crippen LogP contribution < -0.4 is 17.2 Å². The quantitative estimate of drug-likeness (QED) is 0.648. The van der Waals surface area contributed by atoms with Crippen molar-refractivity contribution in [2.24, 2.45) is 5.73 Å². The maximum Gasteiger partial charge on any atom is 0.221 e. The molecule has 1 unspecified atom stereocenters. The van der Waals surface area contributed by atoms with E-state index in [4.69, 9.17) is 17.2 Å². The molecule has 1 aromatic heterocycles. The summed E-state index contributed by atoms with van der Waals surface area (Å²) >= 11 is 0. The van der Waals surface area contributed by atoms with E-state index in [1.165, 1.54) is 0 Å². The van der Waals surface area contributed by atoms with Gasteiger partial charge in [0.2, 0.25) is 5.95 Å². The van der Waals surface area contributed by atoms with E-state index in [0.717, 1.165) is 18.4 Å². The molecule has 0 spiro atoms. The van der Waals surface area contributed by atoms with E-state index in [-0.39, 0.29) is 5.95 Å². The normalized spacial score (nSPS) is 12.7. The van der Waals surface area contributed by atoms with Gasteiger partial charge in [-0.05, 0) is 25.3 Å². The molecule has 0 amide bonds. The van der Waals surface area contributed by atoms with Gasteiger partial charge in [0.1, 0.15) is 5.82 Å². The monoisotopic (exact) mass is 195 g/mol. The van der Waals surface area contributed by atoms with E-state index in [1.54, 1.807) is 6.20 Å². The van der Waals surface area contributed by atoms with E-state index < -0.39 is 0 Å². The van der Waals surface area contributed by atoms with Crippen molar-refractivity contribution < 1.29 is 0 Å². The van der Waals surface area contributed by atoms with Gasteiger partial charge in [-0.3, -0.25) is 0 Å². The average molecular weight is 195 g/mol. The molecule has 5 heteroatoms. The van der Waals surface area contributed by atoms with Crippen LogP contribution in [0, 0.1) is 0 Å². The van der Waals surface area contributed by atoms with Crippen LogP contribution in [0.1, 0.15) is 31.2 Å². The number of rotatable bonds is 4. The molecule has 1 heterocycles. The summed E-state index contributed by atoms with van der Waals surface area (Å²) in [5.41, 5.74) is 17.6. The minimum absolute atomic E-state index is 0.217. The molecule has 78 valence electrons. The summed E-state index contributed by atoms with van der Waals surface area (Å²) in [4.78, 5) is 7.87. The molecule has 0 aliphatic heterocycles. The van der Waals surface area contributed by atoms with Crippen LogP contribution in [0.15, 0.2) is 6.20 Å². The summed E-state index contributed by atoms with van der Waals surface area (Å²) < 4.78 is 0. The zero-order valence-corrected chi connectivity index (χ0v) is 8.40. The molecule has 0 saturated heterocycles. The Morgan fingerprint density at radius 1 is 1.43 bits per heavy atom. The average Bonchev–Trinajstić information content (AvgIpc) is 2.15. The third kappa shape index (κ3) is 2.32. The molecule has 0 fully saturated rings. The SMILES string of the molecule is CCC(CCN)c1cnc(N)nc1N. The van der Waals surface area contributed by atoms with E-state index in [0.29, 0.717) is 18.3 Å². The maximum absolute atomic E-state index is 5.76. The van der Waals surface area contributed by atoms with Crippen LogP contribution in [0.4, 0.5) is 11.8 Å². The first-order chi connectivity index (χ1) is 6.69. The Bertz CT molecular complexity index is 299. The second-order valence-electron chi connectivity index (χ2n) is 3.25. The van der Waals surface area contributed by atoms with E-state index in [9.17, 15) is 0 Å². The molecule has 0 bridgehead atoms. The summed E-state index contributed by atoms with van der Waals surface area (Å²) in [6.45, 7) is 2.73. The molecule has 1 aromatic rings. The fourth-order valence-corrected chi connectivity index (χ4v) is 1.51. The molecule has 0 aliphatic rings. The first kappa shape index (κ1) is 10.7. The third-order valence-corrected chi connectivity index (χ3v) is 2.31. The minimum Gasteiger partial charge on any atom is -0.383 e. The molecule has 5 nitrogen and oxygen atoms in total. The lowest BCUT2D eigenvalue weighted by molar-refractivity contribution is 0.612. The molecule has 6 N–H and O–H groups in total. The van der Waals surface area contributed by atoms with Crippen LogP contribution >= 0.6 is 0 Å². The number of anilines is 2. The van der Waals surface area contributed by atoms with Crippen molar-refractivity contribution >= 4 is 11.8 Å². The van der Waals surface area contributed by atoms with Crippen LogP contribution in [0.25, 0.3) is 0 Å². The Morgan fingerprint density at radius 3 is 2.64 bits per heavy atom. The Hall–Kier alpha value is -1.36. The first-order valence-corrected chi connectivity index (χ1v) is 4.77. The van der Waals surface area contributed by atoms with Crippen LogP contribution in [0.2, 0.25) is 0 Å². The van der Waals surface area contributed by atoms with Crippen molar-refractivity contribution in [3.8, 4) is 0 Å². The summed E-state index contributed by atoms with van der Waals surface area (Å²) in [5.74, 6) is 1.02. The Balaban J connectivity index is 2.92. The predicted molar refractivity (Wildman–Crippen MR) is 57.6 cm³/mol. The molecule has 0 aliphatic carbocycles. The molecule has 1 rings (SSSR count). The van der Waals surface area contributed by atoms with Gasteiger partial charge in [-0.25, -0.2) is 4.98 Å². The fraction of sp³-hybridized carbons (Fsp3) is 0.556. The summed E-state index contributed by atoms with van der Waals surface area (Å²) in [6.07, 6.45) is 3.57. The van der Waals surface area contributed by atoms with Crippen LogP contribution in [0.5, 0.6) is 0 Å². The van der Waals surface area contributed by atoms with Crippen molar-refractivity contribution in [1.82, 2.24) is 9.97 Å². The van der Waals surface area contributed by atoms with Crippen molar-refractivity contribution in [3.63, 3.8) is 0 Å². The van der Waals surface area contributed by atoms with Crippen molar-refractivity contribution in [2.45, 2.75) is 25.7 Å².